The highest BCUT2D eigenvalue weighted by Gasteiger charge is 2.34. The Labute approximate surface area is 132 Å². The van der Waals surface area contributed by atoms with Gasteiger partial charge in [-0.3, -0.25) is 9.69 Å². The number of aliphatic carboxylic acids is 1. The van der Waals surface area contributed by atoms with Crippen molar-refractivity contribution >= 4 is 18.2 Å². The van der Waals surface area contributed by atoms with Crippen LogP contribution in [0, 0.1) is 0 Å². The highest BCUT2D eigenvalue weighted by atomic mass is 16.6. The summed E-state index contributed by atoms with van der Waals surface area (Å²) in [6.45, 7) is -0.137. The summed E-state index contributed by atoms with van der Waals surface area (Å²) in [5.74, 6) is -1.17. The van der Waals surface area contributed by atoms with Crippen LogP contribution in [-0.4, -0.2) is 63.8 Å². The van der Waals surface area contributed by atoms with Crippen molar-refractivity contribution in [2.75, 3.05) is 19.6 Å². The summed E-state index contributed by atoms with van der Waals surface area (Å²) in [6, 6.07) is 8.53. The topological polar surface area (TPSA) is 107 Å². The molecule has 1 heterocycles. The third-order valence-electron chi connectivity index (χ3n) is 3.62. The molecule has 0 spiro atoms. The van der Waals surface area contributed by atoms with Crippen LogP contribution in [0.2, 0.25) is 0 Å². The van der Waals surface area contributed by atoms with Crippen molar-refractivity contribution in [2.45, 2.75) is 19.1 Å². The van der Waals surface area contributed by atoms with Crippen molar-refractivity contribution in [3.63, 3.8) is 0 Å². The molecule has 0 aromatic heterocycles. The summed E-state index contributed by atoms with van der Waals surface area (Å²) < 4.78 is 5.16. The molecule has 2 N–H and O–H groups in total. The van der Waals surface area contributed by atoms with Crippen LogP contribution in [0.25, 0.3) is 0 Å². The fraction of sp³-hybridized carbons (Fsp3) is 0.400. The van der Waals surface area contributed by atoms with Gasteiger partial charge in [0.25, 0.3) is 0 Å². The van der Waals surface area contributed by atoms with Crippen molar-refractivity contribution < 1.29 is 29.3 Å². The highest BCUT2D eigenvalue weighted by molar-refractivity contribution is 5.77. The molecule has 0 bridgehead atoms. The Kier molecular flexibility index (Phi) is 5.40. The fourth-order valence-electron chi connectivity index (χ4n) is 2.46. The Bertz CT molecular complexity index is 577. The van der Waals surface area contributed by atoms with Crippen molar-refractivity contribution in [1.29, 1.82) is 0 Å². The zero-order chi connectivity index (χ0) is 16.8. The Morgan fingerprint density at radius 3 is 2.48 bits per heavy atom. The first-order chi connectivity index (χ1) is 11.0. The van der Waals surface area contributed by atoms with E-state index in [9.17, 15) is 14.4 Å². The standard InChI is InChI=1S/C15H18N2O6/c18-13(19)9-17(12-6-7-16(8-12)14(20)21)15(22)23-10-11-4-2-1-3-5-11/h1-5,12H,6-10H2,(H,18,19)(H,20,21)/t12-/m1/s1. The second-order valence-corrected chi connectivity index (χ2v) is 5.23. The van der Waals surface area contributed by atoms with Crippen LogP contribution in [0.5, 0.6) is 0 Å². The molecule has 8 heteroatoms. The number of ether oxygens (including phenoxy) is 1. The average Bonchev–Trinajstić information content (AvgIpc) is 3.01. The Morgan fingerprint density at radius 2 is 1.91 bits per heavy atom. The van der Waals surface area contributed by atoms with Crippen LogP contribution in [0.1, 0.15) is 12.0 Å². The van der Waals surface area contributed by atoms with Crippen LogP contribution < -0.4 is 0 Å². The molecule has 2 rings (SSSR count). The van der Waals surface area contributed by atoms with Crippen LogP contribution in [0.15, 0.2) is 30.3 Å². The van der Waals surface area contributed by atoms with E-state index in [0.29, 0.717) is 6.42 Å². The number of benzene rings is 1. The van der Waals surface area contributed by atoms with Gasteiger partial charge in [-0.15, -0.1) is 0 Å². The number of rotatable bonds is 5. The number of hydrogen-bond donors (Lipinski definition) is 2. The molecule has 1 aromatic rings. The summed E-state index contributed by atoms with van der Waals surface area (Å²) in [5.41, 5.74) is 0.787. The third-order valence-corrected chi connectivity index (χ3v) is 3.62. The minimum absolute atomic E-state index is 0.0329. The summed E-state index contributed by atoms with van der Waals surface area (Å²) in [4.78, 5) is 36.4. The van der Waals surface area contributed by atoms with E-state index in [-0.39, 0.29) is 19.7 Å². The van der Waals surface area contributed by atoms with Gasteiger partial charge in [0.2, 0.25) is 0 Å². The third kappa shape index (κ3) is 4.60. The number of hydrogen-bond acceptors (Lipinski definition) is 4. The summed E-state index contributed by atoms with van der Waals surface area (Å²) >= 11 is 0. The second kappa shape index (κ2) is 7.48. The van der Waals surface area contributed by atoms with Gasteiger partial charge >= 0.3 is 18.2 Å². The molecule has 2 amide bonds. The molecule has 8 nitrogen and oxygen atoms in total. The molecule has 0 unspecified atom stereocenters. The van der Waals surface area contributed by atoms with Gasteiger partial charge in [0, 0.05) is 13.1 Å². The van der Waals surface area contributed by atoms with E-state index in [2.05, 4.69) is 0 Å². The SMILES string of the molecule is O=C(O)CN(C(=O)OCc1ccccc1)[C@@H]1CCN(C(=O)O)C1. The zero-order valence-electron chi connectivity index (χ0n) is 12.4. The summed E-state index contributed by atoms with van der Waals surface area (Å²) in [5, 5.41) is 17.9. The molecule has 1 fully saturated rings. The van der Waals surface area contributed by atoms with E-state index >= 15 is 0 Å². The maximum Gasteiger partial charge on any atom is 0.410 e. The van der Waals surface area contributed by atoms with Gasteiger partial charge in [-0.25, -0.2) is 9.59 Å². The van der Waals surface area contributed by atoms with Crippen molar-refractivity contribution in [3.05, 3.63) is 35.9 Å². The maximum absolute atomic E-state index is 12.2. The van der Waals surface area contributed by atoms with E-state index in [0.717, 1.165) is 15.4 Å². The molecule has 23 heavy (non-hydrogen) atoms. The molecule has 0 saturated carbocycles. The smallest absolute Gasteiger partial charge is 0.410 e. The molecule has 0 radical (unpaired) electrons. The molecular formula is C15H18N2O6. The predicted molar refractivity (Wildman–Crippen MR) is 79.0 cm³/mol. The van der Waals surface area contributed by atoms with Crippen LogP contribution >= 0.6 is 0 Å². The monoisotopic (exact) mass is 322 g/mol. The lowest BCUT2D eigenvalue weighted by Gasteiger charge is -2.26. The minimum Gasteiger partial charge on any atom is -0.480 e. The first-order valence-electron chi connectivity index (χ1n) is 7.14. The Balaban J connectivity index is 1.98. The number of carboxylic acid groups (broad SMARTS) is 2. The van der Waals surface area contributed by atoms with Gasteiger partial charge in [0.05, 0.1) is 6.04 Å². The quantitative estimate of drug-likeness (QED) is 0.850. The van der Waals surface area contributed by atoms with Crippen LogP contribution in [0.3, 0.4) is 0 Å². The van der Waals surface area contributed by atoms with E-state index in [4.69, 9.17) is 14.9 Å². The van der Waals surface area contributed by atoms with Gasteiger partial charge in [-0.1, -0.05) is 30.3 Å². The first-order valence-corrected chi connectivity index (χ1v) is 7.14. The number of nitrogens with zero attached hydrogens (tertiary/aromatic N) is 2. The fourth-order valence-corrected chi connectivity index (χ4v) is 2.46. The van der Waals surface area contributed by atoms with Crippen molar-refractivity contribution in [3.8, 4) is 0 Å². The van der Waals surface area contributed by atoms with E-state index in [1.807, 2.05) is 6.07 Å². The molecule has 1 aliphatic rings. The largest absolute Gasteiger partial charge is 0.480 e. The highest BCUT2D eigenvalue weighted by Crippen LogP contribution is 2.17. The molecule has 1 saturated heterocycles. The van der Waals surface area contributed by atoms with Crippen molar-refractivity contribution in [1.82, 2.24) is 9.80 Å². The molecule has 1 atom stereocenters. The molecule has 0 aliphatic carbocycles. The molecular weight excluding hydrogens is 304 g/mol. The van der Waals surface area contributed by atoms with E-state index in [1.165, 1.54) is 0 Å². The van der Waals surface area contributed by atoms with Gasteiger partial charge in [0.1, 0.15) is 13.2 Å². The Hall–Kier alpha value is -2.77. The van der Waals surface area contributed by atoms with E-state index < -0.39 is 30.7 Å². The number of likely N-dealkylation sites (tertiary alicyclic amines) is 1. The van der Waals surface area contributed by atoms with E-state index in [1.54, 1.807) is 24.3 Å². The molecule has 124 valence electrons. The normalized spacial score (nSPS) is 16.9. The number of carbonyl (C=O) groups excluding carboxylic acids is 1. The molecule has 1 aliphatic heterocycles. The lowest BCUT2D eigenvalue weighted by atomic mass is 10.2. The van der Waals surface area contributed by atoms with Gasteiger partial charge in [-0.05, 0) is 12.0 Å². The van der Waals surface area contributed by atoms with Gasteiger partial charge in [-0.2, -0.15) is 0 Å². The number of carboxylic acids is 1. The van der Waals surface area contributed by atoms with Gasteiger partial charge in [0.15, 0.2) is 0 Å². The lowest BCUT2D eigenvalue weighted by molar-refractivity contribution is -0.138. The number of carbonyl (C=O) groups is 3. The van der Waals surface area contributed by atoms with Crippen LogP contribution in [0.4, 0.5) is 9.59 Å². The number of amides is 2. The minimum atomic E-state index is -1.17. The first kappa shape index (κ1) is 16.6. The maximum atomic E-state index is 12.2. The zero-order valence-corrected chi connectivity index (χ0v) is 12.4. The van der Waals surface area contributed by atoms with Crippen molar-refractivity contribution in [2.24, 2.45) is 0 Å². The lowest BCUT2D eigenvalue weighted by Crippen LogP contribution is -2.45. The summed E-state index contributed by atoms with van der Waals surface area (Å²) in [7, 11) is 0. The predicted octanol–water partition coefficient (Wildman–Crippen LogP) is 1.46. The summed E-state index contributed by atoms with van der Waals surface area (Å²) in [6.07, 6.45) is -1.45. The molecule has 1 aromatic carbocycles. The van der Waals surface area contributed by atoms with Crippen LogP contribution in [-0.2, 0) is 16.1 Å². The average molecular weight is 322 g/mol. The van der Waals surface area contributed by atoms with Gasteiger partial charge < -0.3 is 19.8 Å². The second-order valence-electron chi connectivity index (χ2n) is 5.23. The Morgan fingerprint density at radius 1 is 1.22 bits per heavy atom.